The molecule has 1 unspecified atom stereocenters. The Balaban J connectivity index is 1.36. The van der Waals surface area contributed by atoms with Gasteiger partial charge in [0.25, 0.3) is 5.56 Å². The zero-order chi connectivity index (χ0) is 21.9. The van der Waals surface area contributed by atoms with Crippen molar-refractivity contribution in [2.45, 2.75) is 19.4 Å². The summed E-state index contributed by atoms with van der Waals surface area (Å²) in [4.78, 5) is 39.6. The van der Waals surface area contributed by atoms with Gasteiger partial charge in [-0.25, -0.2) is 4.98 Å². The number of fused-ring (bicyclic) bond motifs is 1. The van der Waals surface area contributed by atoms with E-state index in [0.717, 1.165) is 36.2 Å². The molecule has 3 aromatic heterocycles. The Bertz CT molecular complexity index is 1290. The molecule has 1 aliphatic heterocycles. The number of amides is 1. The second-order valence-corrected chi connectivity index (χ2v) is 8.79. The maximum absolute atomic E-state index is 12.8. The van der Waals surface area contributed by atoms with Crippen molar-refractivity contribution in [3.63, 3.8) is 0 Å². The molecule has 162 valence electrons. The van der Waals surface area contributed by atoms with Gasteiger partial charge in [-0.2, -0.15) is 0 Å². The van der Waals surface area contributed by atoms with Crippen LogP contribution in [0.2, 0.25) is 0 Å². The smallest absolute Gasteiger partial charge is 0.270 e. The quantitative estimate of drug-likeness (QED) is 0.490. The third-order valence-corrected chi connectivity index (χ3v) is 6.73. The molecule has 1 saturated heterocycles. The molecule has 1 amide bonds. The first-order valence-electron chi connectivity index (χ1n) is 10.7. The molecule has 4 heterocycles. The van der Waals surface area contributed by atoms with Crippen LogP contribution in [0.4, 0.5) is 5.95 Å². The summed E-state index contributed by atoms with van der Waals surface area (Å²) >= 11 is 1.41. The van der Waals surface area contributed by atoms with E-state index in [-0.39, 0.29) is 17.4 Å². The standard InChI is InChI=1S/C24H23N5O2S/c30-22(26-13-18-10-4-5-11-25-18)17-9-6-12-29(14-17)24-27-20-19(16-7-2-1-3-8-16)15-32-21(20)23(31)28-24/h1-5,7-8,10-11,15,17H,6,9,12-14H2,(H,26,30)(H,27,28,31). The molecule has 1 aromatic carbocycles. The summed E-state index contributed by atoms with van der Waals surface area (Å²) < 4.78 is 0.620. The SMILES string of the molecule is O=C(NCc1ccccn1)C1CCCN(c2nc3c(-c4ccccc4)csc3c(=O)[nH]2)C1. The van der Waals surface area contributed by atoms with Crippen LogP contribution in [-0.2, 0) is 11.3 Å². The maximum atomic E-state index is 12.8. The summed E-state index contributed by atoms with van der Waals surface area (Å²) in [6.45, 7) is 1.68. The summed E-state index contributed by atoms with van der Waals surface area (Å²) in [6.07, 6.45) is 3.39. The molecule has 0 bridgehead atoms. The first-order chi connectivity index (χ1) is 15.7. The molecule has 5 rings (SSSR count). The number of nitrogens with zero attached hydrogens (tertiary/aromatic N) is 3. The van der Waals surface area contributed by atoms with Crippen molar-refractivity contribution in [3.8, 4) is 11.1 Å². The highest BCUT2D eigenvalue weighted by molar-refractivity contribution is 7.17. The Morgan fingerprint density at radius 1 is 1.19 bits per heavy atom. The fourth-order valence-corrected chi connectivity index (χ4v) is 5.01. The Labute approximate surface area is 189 Å². The van der Waals surface area contributed by atoms with Gasteiger partial charge >= 0.3 is 0 Å². The highest BCUT2D eigenvalue weighted by Crippen LogP contribution is 2.32. The minimum Gasteiger partial charge on any atom is -0.350 e. The summed E-state index contributed by atoms with van der Waals surface area (Å²) in [5.74, 6) is 0.370. The molecule has 1 aliphatic rings. The molecule has 8 heteroatoms. The summed E-state index contributed by atoms with van der Waals surface area (Å²) in [7, 11) is 0. The number of hydrogen-bond acceptors (Lipinski definition) is 6. The number of thiophene rings is 1. The van der Waals surface area contributed by atoms with E-state index >= 15 is 0 Å². The summed E-state index contributed by atoms with van der Waals surface area (Å²) in [5, 5.41) is 4.97. The molecule has 7 nitrogen and oxygen atoms in total. The van der Waals surface area contributed by atoms with Crippen LogP contribution in [0.1, 0.15) is 18.5 Å². The van der Waals surface area contributed by atoms with Crippen LogP contribution in [0.5, 0.6) is 0 Å². The molecule has 0 aliphatic carbocycles. The molecule has 32 heavy (non-hydrogen) atoms. The van der Waals surface area contributed by atoms with E-state index in [4.69, 9.17) is 4.98 Å². The van der Waals surface area contributed by atoms with Crippen LogP contribution in [0, 0.1) is 5.92 Å². The lowest BCUT2D eigenvalue weighted by atomic mass is 9.97. The zero-order valence-electron chi connectivity index (χ0n) is 17.5. The fraction of sp³-hybridized carbons (Fsp3) is 0.250. The number of piperidine rings is 1. The highest BCUT2D eigenvalue weighted by atomic mass is 32.1. The molecule has 2 N–H and O–H groups in total. The van der Waals surface area contributed by atoms with Crippen molar-refractivity contribution < 1.29 is 4.79 Å². The highest BCUT2D eigenvalue weighted by Gasteiger charge is 2.27. The van der Waals surface area contributed by atoms with E-state index in [0.29, 0.717) is 29.3 Å². The number of carbonyl (C=O) groups is 1. The van der Waals surface area contributed by atoms with Gasteiger partial charge in [-0.15, -0.1) is 11.3 Å². The molecular formula is C24H23N5O2S. The van der Waals surface area contributed by atoms with Crippen molar-refractivity contribution in [3.05, 3.63) is 76.2 Å². The van der Waals surface area contributed by atoms with E-state index in [1.165, 1.54) is 11.3 Å². The van der Waals surface area contributed by atoms with Gasteiger partial charge in [0.05, 0.1) is 23.7 Å². The third-order valence-electron chi connectivity index (χ3n) is 5.76. The number of anilines is 1. The predicted molar refractivity (Wildman–Crippen MR) is 127 cm³/mol. The van der Waals surface area contributed by atoms with Crippen molar-refractivity contribution in [1.82, 2.24) is 20.3 Å². The Morgan fingerprint density at radius 2 is 2.03 bits per heavy atom. The number of aromatic amines is 1. The molecule has 1 fully saturated rings. The van der Waals surface area contributed by atoms with E-state index in [9.17, 15) is 9.59 Å². The van der Waals surface area contributed by atoms with E-state index in [1.54, 1.807) is 6.20 Å². The van der Waals surface area contributed by atoms with Gasteiger partial charge in [-0.05, 0) is 30.5 Å². The van der Waals surface area contributed by atoms with Gasteiger partial charge in [-0.1, -0.05) is 36.4 Å². The zero-order valence-corrected chi connectivity index (χ0v) is 18.3. The molecule has 1 atom stereocenters. The van der Waals surface area contributed by atoms with Gasteiger partial charge in [0.15, 0.2) is 0 Å². The van der Waals surface area contributed by atoms with Gasteiger partial charge in [0, 0.05) is 30.2 Å². The lowest BCUT2D eigenvalue weighted by molar-refractivity contribution is -0.125. The van der Waals surface area contributed by atoms with E-state index in [2.05, 4.69) is 15.3 Å². The van der Waals surface area contributed by atoms with Crippen LogP contribution >= 0.6 is 11.3 Å². The average Bonchev–Trinajstić information content (AvgIpc) is 3.28. The van der Waals surface area contributed by atoms with Crippen molar-refractivity contribution in [1.29, 1.82) is 0 Å². The van der Waals surface area contributed by atoms with Crippen molar-refractivity contribution in [2.24, 2.45) is 5.92 Å². The van der Waals surface area contributed by atoms with E-state index in [1.807, 2.05) is 58.8 Å². The lowest BCUT2D eigenvalue weighted by Gasteiger charge is -2.32. The molecule has 4 aromatic rings. The van der Waals surface area contributed by atoms with Crippen molar-refractivity contribution in [2.75, 3.05) is 18.0 Å². The molecule has 0 saturated carbocycles. The fourth-order valence-electron chi connectivity index (χ4n) is 4.10. The molecular weight excluding hydrogens is 422 g/mol. The first kappa shape index (κ1) is 20.4. The third kappa shape index (κ3) is 4.13. The second kappa shape index (κ2) is 8.92. The monoisotopic (exact) mass is 445 g/mol. The number of H-pyrrole nitrogens is 1. The Kier molecular flexibility index (Phi) is 5.68. The van der Waals surface area contributed by atoms with E-state index < -0.39 is 0 Å². The maximum Gasteiger partial charge on any atom is 0.270 e. The van der Waals surface area contributed by atoms with Crippen LogP contribution in [0.3, 0.4) is 0 Å². The predicted octanol–water partition coefficient (Wildman–Crippen LogP) is 3.58. The minimum atomic E-state index is -0.162. The van der Waals surface area contributed by atoms with Crippen LogP contribution in [-0.4, -0.2) is 33.9 Å². The largest absolute Gasteiger partial charge is 0.350 e. The van der Waals surface area contributed by atoms with Gasteiger partial charge in [0.2, 0.25) is 11.9 Å². The number of nitrogens with one attached hydrogen (secondary N) is 2. The minimum absolute atomic E-state index is 0.00397. The number of benzene rings is 1. The summed E-state index contributed by atoms with van der Waals surface area (Å²) in [5.41, 5.74) is 3.39. The second-order valence-electron chi connectivity index (χ2n) is 7.91. The van der Waals surface area contributed by atoms with Crippen LogP contribution < -0.4 is 15.8 Å². The number of aromatic nitrogens is 3. The van der Waals surface area contributed by atoms with Crippen LogP contribution in [0.15, 0.2) is 64.9 Å². The molecule has 0 spiro atoms. The van der Waals surface area contributed by atoms with Crippen LogP contribution in [0.25, 0.3) is 21.3 Å². The summed E-state index contributed by atoms with van der Waals surface area (Å²) in [6, 6.07) is 15.6. The van der Waals surface area contributed by atoms with Gasteiger partial charge < -0.3 is 10.2 Å². The van der Waals surface area contributed by atoms with Crippen molar-refractivity contribution >= 4 is 33.4 Å². The van der Waals surface area contributed by atoms with Gasteiger partial charge in [-0.3, -0.25) is 19.6 Å². The number of rotatable bonds is 5. The van der Waals surface area contributed by atoms with Gasteiger partial charge in [0.1, 0.15) is 4.70 Å². The first-order valence-corrected chi connectivity index (χ1v) is 11.6. The normalized spacial score (nSPS) is 16.2. The average molecular weight is 446 g/mol. The topological polar surface area (TPSA) is 91.0 Å². The Morgan fingerprint density at radius 3 is 2.84 bits per heavy atom. The number of hydrogen-bond donors (Lipinski definition) is 2. The Hall–Kier alpha value is -3.52. The number of carbonyl (C=O) groups excluding carboxylic acids is 1. The lowest BCUT2D eigenvalue weighted by Crippen LogP contribution is -2.44. The molecule has 0 radical (unpaired) electrons. The number of pyridine rings is 1.